The Labute approximate surface area is 229 Å². The number of piperidine rings is 1. The maximum absolute atomic E-state index is 13.9. The van der Waals surface area contributed by atoms with Crippen molar-refractivity contribution >= 4 is 17.4 Å². The van der Waals surface area contributed by atoms with E-state index in [1.807, 2.05) is 0 Å². The molecule has 1 aliphatic heterocycles. The molecule has 2 heterocycles. The van der Waals surface area contributed by atoms with Gasteiger partial charge in [0.1, 0.15) is 23.4 Å². The van der Waals surface area contributed by atoms with Crippen LogP contribution in [-0.2, 0) is 6.18 Å². The lowest BCUT2D eigenvalue weighted by Crippen LogP contribution is -2.34. The number of rotatable bonds is 7. The number of ether oxygens (including phenoxy) is 2. The summed E-state index contributed by atoms with van der Waals surface area (Å²) in [6.45, 7) is 1.42. The van der Waals surface area contributed by atoms with Crippen LogP contribution < -0.4 is 25.4 Å². The van der Waals surface area contributed by atoms with Crippen LogP contribution in [0, 0.1) is 0 Å². The fourth-order valence-electron chi connectivity index (χ4n) is 4.35. The predicted octanol–water partition coefficient (Wildman–Crippen LogP) is 7.33. The van der Waals surface area contributed by atoms with Crippen LogP contribution in [0.2, 0.25) is 0 Å². The zero-order chi connectivity index (χ0) is 28.0. The van der Waals surface area contributed by atoms with Gasteiger partial charge < -0.3 is 25.4 Å². The van der Waals surface area contributed by atoms with E-state index in [1.54, 1.807) is 79.1 Å². The summed E-state index contributed by atoms with van der Waals surface area (Å²) < 4.78 is 53.2. The van der Waals surface area contributed by atoms with Crippen LogP contribution in [0.5, 0.6) is 17.2 Å². The summed E-state index contributed by atoms with van der Waals surface area (Å²) in [5.41, 5.74) is 1.02. The third kappa shape index (κ3) is 7.09. The highest BCUT2D eigenvalue weighted by molar-refractivity contribution is 6.00. The molecule has 0 unspecified atom stereocenters. The number of nitrogens with one attached hydrogen (secondary N) is 3. The average molecular weight is 549 g/mol. The summed E-state index contributed by atoms with van der Waals surface area (Å²) in [6.07, 6.45) is -0.285. The van der Waals surface area contributed by atoms with E-state index in [2.05, 4.69) is 20.9 Å². The number of anilines is 2. The number of nitrogens with zero attached hydrogens (tertiary/aromatic N) is 1. The minimum absolute atomic E-state index is 0.172. The molecule has 10 heteroatoms. The normalized spacial score (nSPS) is 13.9. The number of alkyl halides is 3. The number of urea groups is 1. The summed E-state index contributed by atoms with van der Waals surface area (Å²) in [6, 6.07) is 20.5. The summed E-state index contributed by atoms with van der Waals surface area (Å²) in [5.74, 6) is 1.06. The lowest BCUT2D eigenvalue weighted by molar-refractivity contribution is -0.139. The van der Waals surface area contributed by atoms with Crippen molar-refractivity contribution in [2.24, 2.45) is 0 Å². The number of carbonyl (C=O) groups is 1. The lowest BCUT2D eigenvalue weighted by atomic mass is 10.0. The van der Waals surface area contributed by atoms with Gasteiger partial charge >= 0.3 is 12.2 Å². The van der Waals surface area contributed by atoms with E-state index in [9.17, 15) is 18.0 Å². The molecule has 3 N–H and O–H groups in total. The smallest absolute Gasteiger partial charge is 0.419 e. The molecule has 0 radical (unpaired) electrons. The standard InChI is InChI=1S/C30H27F3N4O3/c31-30(32,33)27-19-21(4-9-28(27)40-26-12-16-35-17-13-26)20-2-1-3-23(18-20)37-29(38)36-22-5-7-24(8-6-22)39-25-10-14-34-15-11-25/h1-11,14-15,18-19,26,35H,12-13,16-17H2,(H2,36,37,38). The molecule has 1 saturated heterocycles. The van der Waals surface area contributed by atoms with Crippen LogP contribution in [0.4, 0.5) is 29.3 Å². The van der Waals surface area contributed by atoms with Crippen molar-refractivity contribution in [1.29, 1.82) is 0 Å². The molecule has 7 nitrogen and oxygen atoms in total. The van der Waals surface area contributed by atoms with Gasteiger partial charge in [-0.3, -0.25) is 4.98 Å². The molecule has 4 aromatic rings. The molecule has 0 spiro atoms. The molecule has 206 valence electrons. The molecule has 40 heavy (non-hydrogen) atoms. The van der Waals surface area contributed by atoms with E-state index >= 15 is 0 Å². The molecule has 5 rings (SSSR count). The van der Waals surface area contributed by atoms with Crippen LogP contribution >= 0.6 is 0 Å². The van der Waals surface area contributed by atoms with Crippen molar-refractivity contribution in [3.8, 4) is 28.4 Å². The molecule has 1 aromatic heterocycles. The van der Waals surface area contributed by atoms with E-state index < -0.39 is 17.8 Å². The quantitative estimate of drug-likeness (QED) is 0.225. The largest absolute Gasteiger partial charge is 0.490 e. The molecule has 1 aliphatic rings. The topological polar surface area (TPSA) is 84.5 Å². The van der Waals surface area contributed by atoms with Gasteiger partial charge in [-0.1, -0.05) is 18.2 Å². The maximum Gasteiger partial charge on any atom is 0.419 e. The molecule has 3 aromatic carbocycles. The fraction of sp³-hybridized carbons (Fsp3) is 0.200. The van der Waals surface area contributed by atoms with Gasteiger partial charge in [-0.15, -0.1) is 0 Å². The minimum Gasteiger partial charge on any atom is -0.490 e. The first-order chi connectivity index (χ1) is 19.3. The Morgan fingerprint density at radius 2 is 1.50 bits per heavy atom. The second-order valence-corrected chi connectivity index (χ2v) is 9.25. The molecular formula is C30H27F3N4O3. The number of halogens is 3. The summed E-state index contributed by atoms with van der Waals surface area (Å²) in [4.78, 5) is 16.5. The van der Waals surface area contributed by atoms with Crippen LogP contribution in [0.3, 0.4) is 0 Å². The number of hydrogen-bond acceptors (Lipinski definition) is 5. The van der Waals surface area contributed by atoms with Crippen LogP contribution in [-0.4, -0.2) is 30.2 Å². The van der Waals surface area contributed by atoms with Gasteiger partial charge in [0, 0.05) is 23.8 Å². The number of benzene rings is 3. The van der Waals surface area contributed by atoms with Crippen molar-refractivity contribution in [2.45, 2.75) is 25.1 Å². The number of pyridine rings is 1. The van der Waals surface area contributed by atoms with Crippen molar-refractivity contribution in [3.63, 3.8) is 0 Å². The summed E-state index contributed by atoms with van der Waals surface area (Å²) in [5, 5.41) is 8.63. The molecule has 2 amide bonds. The highest BCUT2D eigenvalue weighted by Crippen LogP contribution is 2.40. The number of carbonyl (C=O) groups excluding carboxylic acids is 1. The van der Waals surface area contributed by atoms with Crippen LogP contribution in [0.1, 0.15) is 18.4 Å². The third-order valence-electron chi connectivity index (χ3n) is 6.32. The Balaban J connectivity index is 1.25. The van der Waals surface area contributed by atoms with E-state index in [0.717, 1.165) is 6.07 Å². The first-order valence-electron chi connectivity index (χ1n) is 12.8. The molecule has 1 fully saturated rings. The number of hydrogen-bond donors (Lipinski definition) is 3. The molecular weight excluding hydrogens is 521 g/mol. The van der Waals surface area contributed by atoms with Crippen LogP contribution in [0.25, 0.3) is 11.1 Å². The highest BCUT2D eigenvalue weighted by Gasteiger charge is 2.35. The molecule has 0 saturated carbocycles. The van der Waals surface area contributed by atoms with Crippen molar-refractivity contribution in [3.05, 3.63) is 96.8 Å². The molecule has 0 aliphatic carbocycles. The van der Waals surface area contributed by atoms with Gasteiger partial charge in [-0.2, -0.15) is 13.2 Å². The van der Waals surface area contributed by atoms with Gasteiger partial charge in [0.25, 0.3) is 0 Å². The Kier molecular flexibility index (Phi) is 8.16. The van der Waals surface area contributed by atoms with Gasteiger partial charge in [0.05, 0.1) is 5.56 Å². The average Bonchev–Trinajstić information content (AvgIpc) is 2.95. The Morgan fingerprint density at radius 1 is 0.825 bits per heavy atom. The summed E-state index contributed by atoms with van der Waals surface area (Å²) in [7, 11) is 0. The highest BCUT2D eigenvalue weighted by atomic mass is 19.4. The third-order valence-corrected chi connectivity index (χ3v) is 6.32. The van der Waals surface area contributed by atoms with E-state index in [-0.39, 0.29) is 11.9 Å². The Hall–Kier alpha value is -4.57. The minimum atomic E-state index is -4.58. The molecule has 0 atom stereocenters. The van der Waals surface area contributed by atoms with Crippen molar-refractivity contribution in [1.82, 2.24) is 10.3 Å². The zero-order valence-electron chi connectivity index (χ0n) is 21.4. The van der Waals surface area contributed by atoms with Gasteiger partial charge in [-0.25, -0.2) is 4.79 Å². The SMILES string of the molecule is O=C(Nc1ccc(Oc2ccncc2)cc1)Nc1cccc(-c2ccc(OC3CCNCC3)c(C(F)(F)F)c2)c1. The molecule has 0 bridgehead atoms. The summed E-state index contributed by atoms with van der Waals surface area (Å²) >= 11 is 0. The van der Waals surface area contributed by atoms with Gasteiger partial charge in [0.2, 0.25) is 0 Å². The fourth-order valence-corrected chi connectivity index (χ4v) is 4.35. The van der Waals surface area contributed by atoms with Crippen LogP contribution in [0.15, 0.2) is 91.3 Å². The van der Waals surface area contributed by atoms with E-state index in [4.69, 9.17) is 9.47 Å². The Bertz CT molecular complexity index is 1440. The number of aromatic nitrogens is 1. The zero-order valence-corrected chi connectivity index (χ0v) is 21.4. The first kappa shape index (κ1) is 27.0. The second kappa shape index (κ2) is 12.1. The second-order valence-electron chi connectivity index (χ2n) is 9.25. The Morgan fingerprint density at radius 3 is 2.23 bits per heavy atom. The van der Waals surface area contributed by atoms with Crippen molar-refractivity contribution in [2.75, 3.05) is 23.7 Å². The predicted molar refractivity (Wildman–Crippen MR) is 147 cm³/mol. The van der Waals surface area contributed by atoms with Crippen molar-refractivity contribution < 1.29 is 27.4 Å². The first-order valence-corrected chi connectivity index (χ1v) is 12.8. The van der Waals surface area contributed by atoms with E-state index in [1.165, 1.54) is 6.07 Å². The maximum atomic E-state index is 13.9. The number of amides is 2. The van der Waals surface area contributed by atoms with Gasteiger partial charge in [0.15, 0.2) is 0 Å². The monoisotopic (exact) mass is 548 g/mol. The lowest BCUT2D eigenvalue weighted by Gasteiger charge is -2.25. The van der Waals surface area contributed by atoms with Gasteiger partial charge in [-0.05, 0) is 97.7 Å². The van der Waals surface area contributed by atoms with E-state index in [0.29, 0.717) is 59.9 Å².